The van der Waals surface area contributed by atoms with Gasteiger partial charge in [-0.05, 0) is 36.2 Å². The molecule has 0 bridgehead atoms. The zero-order valence-electron chi connectivity index (χ0n) is 13.7. The summed E-state index contributed by atoms with van der Waals surface area (Å²) in [5.41, 5.74) is 4.52. The highest BCUT2D eigenvalue weighted by Crippen LogP contribution is 2.35. The maximum atomic E-state index is 14.1. The van der Waals surface area contributed by atoms with Gasteiger partial charge in [-0.25, -0.2) is 13.2 Å². The zero-order chi connectivity index (χ0) is 19.9. The van der Waals surface area contributed by atoms with Crippen LogP contribution in [0.4, 0.5) is 32.0 Å². The summed E-state index contributed by atoms with van der Waals surface area (Å²) in [5, 5.41) is 0. The van der Waals surface area contributed by atoms with Gasteiger partial charge in [0.1, 0.15) is 5.82 Å². The Kier molecular flexibility index (Phi) is 4.90. The number of amides is 1. The molecule has 0 aromatic heterocycles. The summed E-state index contributed by atoms with van der Waals surface area (Å²) in [6.45, 7) is -0.554. The van der Waals surface area contributed by atoms with Gasteiger partial charge in [0.05, 0.1) is 18.2 Å². The van der Waals surface area contributed by atoms with Crippen molar-refractivity contribution in [3.63, 3.8) is 0 Å². The van der Waals surface area contributed by atoms with Crippen LogP contribution in [-0.2, 0) is 23.9 Å². The topological polar surface area (TPSA) is 46.3 Å². The lowest BCUT2D eigenvalue weighted by molar-refractivity contribution is -0.137. The van der Waals surface area contributed by atoms with Crippen LogP contribution in [0.25, 0.3) is 0 Å². The molecular formula is C18H14F6N2O. The normalized spacial score (nSPS) is 17.4. The fourth-order valence-electron chi connectivity index (χ4n) is 2.99. The number of fused-ring (bicyclic) bond motifs is 1. The van der Waals surface area contributed by atoms with E-state index in [1.165, 1.54) is 12.1 Å². The van der Waals surface area contributed by atoms with E-state index in [2.05, 4.69) is 0 Å². The lowest BCUT2D eigenvalue weighted by atomic mass is 9.95. The van der Waals surface area contributed by atoms with Crippen LogP contribution in [0, 0.1) is 5.82 Å². The lowest BCUT2D eigenvalue weighted by Crippen LogP contribution is -2.48. The van der Waals surface area contributed by atoms with E-state index < -0.39 is 42.5 Å². The van der Waals surface area contributed by atoms with Gasteiger partial charge in [-0.2, -0.15) is 13.2 Å². The van der Waals surface area contributed by atoms with Crippen LogP contribution < -0.4 is 10.6 Å². The van der Waals surface area contributed by atoms with Gasteiger partial charge in [-0.3, -0.25) is 4.79 Å². The molecule has 2 aromatic carbocycles. The van der Waals surface area contributed by atoms with Crippen molar-refractivity contribution in [3.05, 3.63) is 64.5 Å². The van der Waals surface area contributed by atoms with Crippen molar-refractivity contribution in [1.82, 2.24) is 0 Å². The molecular weight excluding hydrogens is 374 g/mol. The van der Waals surface area contributed by atoms with E-state index in [0.29, 0.717) is 23.8 Å². The van der Waals surface area contributed by atoms with Crippen LogP contribution in [0.2, 0.25) is 0 Å². The van der Waals surface area contributed by atoms with Crippen molar-refractivity contribution in [1.29, 1.82) is 0 Å². The molecule has 2 aromatic rings. The van der Waals surface area contributed by atoms with Crippen molar-refractivity contribution in [2.75, 3.05) is 4.90 Å². The van der Waals surface area contributed by atoms with Gasteiger partial charge in [0.25, 0.3) is 6.43 Å². The third kappa shape index (κ3) is 3.78. The molecule has 1 atom stereocenters. The average molecular weight is 388 g/mol. The Morgan fingerprint density at radius 3 is 2.48 bits per heavy atom. The van der Waals surface area contributed by atoms with E-state index in [-0.39, 0.29) is 23.2 Å². The molecule has 0 aliphatic carbocycles. The average Bonchev–Trinajstić information content (AvgIpc) is 2.59. The number of halogens is 6. The summed E-state index contributed by atoms with van der Waals surface area (Å²) in [7, 11) is 0. The molecule has 27 heavy (non-hydrogen) atoms. The summed E-state index contributed by atoms with van der Waals surface area (Å²) in [6.07, 6.45) is -7.39. The minimum Gasteiger partial charge on any atom is -0.320 e. The van der Waals surface area contributed by atoms with Gasteiger partial charge in [-0.1, -0.05) is 12.1 Å². The zero-order valence-corrected chi connectivity index (χ0v) is 13.7. The van der Waals surface area contributed by atoms with Crippen LogP contribution in [0.3, 0.4) is 0 Å². The first-order valence-corrected chi connectivity index (χ1v) is 7.91. The van der Waals surface area contributed by atoms with Crippen molar-refractivity contribution < 1.29 is 31.1 Å². The van der Waals surface area contributed by atoms with Crippen LogP contribution in [-0.4, -0.2) is 11.9 Å². The van der Waals surface area contributed by atoms with Crippen molar-refractivity contribution in [2.45, 2.75) is 31.6 Å². The lowest BCUT2D eigenvalue weighted by Gasteiger charge is -2.33. The summed E-state index contributed by atoms with van der Waals surface area (Å²) < 4.78 is 78.7. The number of hydrogen-bond acceptors (Lipinski definition) is 2. The number of carbonyl (C=O) groups excluding carboxylic acids is 1. The number of alkyl halides is 5. The predicted molar refractivity (Wildman–Crippen MR) is 85.7 cm³/mol. The van der Waals surface area contributed by atoms with Crippen molar-refractivity contribution >= 4 is 11.6 Å². The monoisotopic (exact) mass is 388 g/mol. The first kappa shape index (κ1) is 19.2. The molecule has 0 saturated heterocycles. The summed E-state index contributed by atoms with van der Waals surface area (Å²) in [5.74, 6) is -1.62. The van der Waals surface area contributed by atoms with Gasteiger partial charge in [-0.15, -0.1) is 0 Å². The summed E-state index contributed by atoms with van der Waals surface area (Å²) in [4.78, 5) is 13.4. The van der Waals surface area contributed by atoms with Gasteiger partial charge in [0, 0.05) is 16.8 Å². The second-order valence-electron chi connectivity index (χ2n) is 6.23. The summed E-state index contributed by atoms with van der Waals surface area (Å²) >= 11 is 0. The summed E-state index contributed by atoms with van der Waals surface area (Å²) in [6, 6.07) is 4.50. The highest BCUT2D eigenvalue weighted by molar-refractivity contribution is 6.00. The molecule has 1 heterocycles. The molecule has 1 amide bonds. The highest BCUT2D eigenvalue weighted by atomic mass is 19.4. The number of nitrogens with zero attached hydrogens (tertiary/aromatic N) is 1. The van der Waals surface area contributed by atoms with Crippen LogP contribution in [0.5, 0.6) is 0 Å². The Morgan fingerprint density at radius 1 is 1.15 bits per heavy atom. The largest absolute Gasteiger partial charge is 0.416 e. The standard InChI is InChI=1S/C18H14F6N2O/c19-13-4-3-12(18(22,23)24)5-11(13)8-26-15-7-10(16(20)21)2-1-9(15)6-14(25)17(26)27/h1-5,7,14,16H,6,8,25H2/t14-/m1/s1. The molecule has 0 radical (unpaired) electrons. The van der Waals surface area contributed by atoms with Crippen LogP contribution in [0.15, 0.2) is 36.4 Å². The van der Waals surface area contributed by atoms with Gasteiger partial charge >= 0.3 is 6.18 Å². The van der Waals surface area contributed by atoms with Gasteiger partial charge in [0.15, 0.2) is 0 Å². The molecule has 3 nitrogen and oxygen atoms in total. The molecule has 0 spiro atoms. The molecule has 0 unspecified atom stereocenters. The Bertz CT molecular complexity index is 881. The maximum absolute atomic E-state index is 14.1. The maximum Gasteiger partial charge on any atom is 0.416 e. The minimum atomic E-state index is -4.69. The number of benzene rings is 2. The molecule has 3 rings (SSSR count). The smallest absolute Gasteiger partial charge is 0.320 e. The molecule has 0 saturated carbocycles. The van der Waals surface area contributed by atoms with Crippen molar-refractivity contribution in [2.24, 2.45) is 5.73 Å². The predicted octanol–water partition coefficient (Wildman–Crippen LogP) is 4.20. The molecule has 2 N–H and O–H groups in total. The first-order valence-electron chi connectivity index (χ1n) is 7.91. The Balaban J connectivity index is 2.04. The van der Waals surface area contributed by atoms with E-state index in [9.17, 15) is 31.1 Å². The van der Waals surface area contributed by atoms with E-state index in [1.807, 2.05) is 0 Å². The van der Waals surface area contributed by atoms with Crippen molar-refractivity contribution in [3.8, 4) is 0 Å². The third-order valence-corrected chi connectivity index (χ3v) is 4.38. The SMILES string of the molecule is N[C@@H]1Cc2ccc(C(F)F)cc2N(Cc2cc(C(F)(F)F)ccc2F)C1=O. The fraction of sp³-hybridized carbons (Fsp3) is 0.278. The van der Waals surface area contributed by atoms with E-state index in [4.69, 9.17) is 5.73 Å². The second-order valence-corrected chi connectivity index (χ2v) is 6.23. The Morgan fingerprint density at radius 2 is 1.85 bits per heavy atom. The van der Waals surface area contributed by atoms with Gasteiger partial charge in [0.2, 0.25) is 5.91 Å². The molecule has 1 aliphatic rings. The second kappa shape index (κ2) is 6.88. The Hall–Kier alpha value is -2.55. The number of rotatable bonds is 3. The van der Waals surface area contributed by atoms with Gasteiger partial charge < -0.3 is 10.6 Å². The Labute approximate surface area is 150 Å². The molecule has 144 valence electrons. The third-order valence-electron chi connectivity index (χ3n) is 4.38. The number of anilines is 1. The van der Waals surface area contributed by atoms with E-state index in [0.717, 1.165) is 11.0 Å². The first-order chi connectivity index (χ1) is 12.6. The quantitative estimate of drug-likeness (QED) is 0.802. The highest BCUT2D eigenvalue weighted by Gasteiger charge is 2.34. The number of nitrogens with two attached hydrogens (primary N) is 1. The van der Waals surface area contributed by atoms with E-state index >= 15 is 0 Å². The minimum absolute atomic E-state index is 0.0938. The van der Waals surface area contributed by atoms with Crippen LogP contribution >= 0.6 is 0 Å². The number of carbonyl (C=O) groups is 1. The molecule has 1 aliphatic heterocycles. The fourth-order valence-corrected chi connectivity index (χ4v) is 2.99. The van der Waals surface area contributed by atoms with E-state index in [1.54, 1.807) is 0 Å². The molecule has 0 fully saturated rings. The molecule has 9 heteroatoms. The number of hydrogen-bond donors (Lipinski definition) is 1. The van der Waals surface area contributed by atoms with Crippen LogP contribution in [0.1, 0.15) is 28.7 Å².